The Labute approximate surface area is 126 Å². The Bertz CT molecular complexity index is 422. The molecule has 1 aromatic rings. The molecule has 0 atom stereocenters. The summed E-state index contributed by atoms with van der Waals surface area (Å²) < 4.78 is 5.55. The Morgan fingerprint density at radius 3 is 2.90 bits per heavy atom. The second-order valence-electron chi connectivity index (χ2n) is 5.09. The van der Waals surface area contributed by atoms with Crippen LogP contribution in [-0.2, 0) is 4.79 Å². The Kier molecular flexibility index (Phi) is 7.41. The van der Waals surface area contributed by atoms with E-state index < -0.39 is 0 Å². The van der Waals surface area contributed by atoms with Crippen LogP contribution in [0.5, 0.6) is 5.75 Å². The van der Waals surface area contributed by atoms with Gasteiger partial charge in [0.2, 0.25) is 5.91 Å². The molecule has 2 rings (SSSR count). The van der Waals surface area contributed by atoms with Gasteiger partial charge in [-0.05, 0) is 49.9 Å². The van der Waals surface area contributed by atoms with Crippen LogP contribution in [0.1, 0.15) is 18.4 Å². The highest BCUT2D eigenvalue weighted by atomic mass is 35.5. The summed E-state index contributed by atoms with van der Waals surface area (Å²) in [7, 11) is 0. The molecule has 0 saturated heterocycles. The molecule has 0 unspecified atom stereocenters. The van der Waals surface area contributed by atoms with Crippen LogP contribution in [0.15, 0.2) is 24.3 Å². The van der Waals surface area contributed by atoms with Crippen LogP contribution in [0.4, 0.5) is 0 Å². The van der Waals surface area contributed by atoms with Crippen molar-refractivity contribution in [3.05, 3.63) is 29.8 Å². The molecule has 1 fully saturated rings. The van der Waals surface area contributed by atoms with Crippen molar-refractivity contribution < 1.29 is 9.53 Å². The van der Waals surface area contributed by atoms with E-state index in [2.05, 4.69) is 10.6 Å². The van der Waals surface area contributed by atoms with Gasteiger partial charge in [0.05, 0.1) is 13.1 Å². The van der Waals surface area contributed by atoms with Gasteiger partial charge >= 0.3 is 0 Å². The first-order valence-electron chi connectivity index (χ1n) is 6.91. The molecule has 0 radical (unpaired) electrons. The van der Waals surface area contributed by atoms with Crippen molar-refractivity contribution in [2.45, 2.75) is 19.8 Å². The second kappa shape index (κ2) is 8.82. The molecule has 2 N–H and O–H groups in total. The van der Waals surface area contributed by atoms with E-state index in [1.54, 1.807) is 0 Å². The zero-order valence-corrected chi connectivity index (χ0v) is 12.7. The number of halogens is 1. The summed E-state index contributed by atoms with van der Waals surface area (Å²) in [5.74, 6) is 1.69. The maximum Gasteiger partial charge on any atom is 0.234 e. The van der Waals surface area contributed by atoms with Crippen molar-refractivity contribution >= 4 is 18.3 Å². The molecule has 20 heavy (non-hydrogen) atoms. The first-order valence-corrected chi connectivity index (χ1v) is 6.91. The van der Waals surface area contributed by atoms with Gasteiger partial charge in [-0.2, -0.15) is 0 Å². The van der Waals surface area contributed by atoms with Crippen molar-refractivity contribution in [3.63, 3.8) is 0 Å². The number of rotatable bonds is 8. The average molecular weight is 299 g/mol. The van der Waals surface area contributed by atoms with Crippen LogP contribution in [0.3, 0.4) is 0 Å². The van der Waals surface area contributed by atoms with Gasteiger partial charge < -0.3 is 15.4 Å². The summed E-state index contributed by atoms with van der Waals surface area (Å²) in [4.78, 5) is 11.5. The summed E-state index contributed by atoms with van der Waals surface area (Å²) in [5.41, 5.74) is 1.17. The molecule has 0 heterocycles. The molecule has 0 aliphatic heterocycles. The summed E-state index contributed by atoms with van der Waals surface area (Å²) in [6.45, 7) is 4.43. The van der Waals surface area contributed by atoms with Crippen LogP contribution >= 0.6 is 12.4 Å². The van der Waals surface area contributed by atoms with Gasteiger partial charge in [-0.3, -0.25) is 4.79 Å². The third-order valence-electron chi connectivity index (χ3n) is 3.10. The zero-order chi connectivity index (χ0) is 13.5. The second-order valence-corrected chi connectivity index (χ2v) is 5.09. The van der Waals surface area contributed by atoms with E-state index in [1.165, 1.54) is 18.4 Å². The first-order chi connectivity index (χ1) is 9.24. The highest BCUT2D eigenvalue weighted by Gasteiger charge is 2.20. The predicted octanol–water partition coefficient (Wildman–Crippen LogP) is 1.91. The lowest BCUT2D eigenvalue weighted by Gasteiger charge is -2.08. The van der Waals surface area contributed by atoms with E-state index in [0.717, 1.165) is 18.2 Å². The van der Waals surface area contributed by atoms with Crippen molar-refractivity contribution in [3.8, 4) is 5.75 Å². The lowest BCUT2D eigenvalue weighted by Crippen LogP contribution is -2.36. The number of carbonyl (C=O) groups excluding carboxylic acids is 1. The molecule has 0 aromatic heterocycles. The summed E-state index contributed by atoms with van der Waals surface area (Å²) in [6.07, 6.45) is 2.61. The van der Waals surface area contributed by atoms with Crippen LogP contribution in [0.25, 0.3) is 0 Å². The van der Waals surface area contributed by atoms with Gasteiger partial charge in [0.1, 0.15) is 12.4 Å². The topological polar surface area (TPSA) is 50.4 Å². The van der Waals surface area contributed by atoms with E-state index in [4.69, 9.17) is 4.74 Å². The van der Waals surface area contributed by atoms with E-state index >= 15 is 0 Å². The highest BCUT2D eigenvalue weighted by molar-refractivity contribution is 5.85. The number of nitrogens with one attached hydrogen (secondary N) is 2. The number of benzene rings is 1. The third kappa shape index (κ3) is 6.78. The molecule has 1 saturated carbocycles. The molecule has 1 amide bonds. The fourth-order valence-electron chi connectivity index (χ4n) is 1.84. The van der Waals surface area contributed by atoms with Gasteiger partial charge in [0.15, 0.2) is 0 Å². The Hall–Kier alpha value is -1.26. The Morgan fingerprint density at radius 2 is 2.20 bits per heavy atom. The summed E-state index contributed by atoms with van der Waals surface area (Å²) >= 11 is 0. The lowest BCUT2D eigenvalue weighted by molar-refractivity contribution is -0.120. The van der Waals surface area contributed by atoms with Crippen LogP contribution in [-0.4, -0.2) is 32.1 Å². The molecule has 5 heteroatoms. The Balaban J connectivity index is 0.00000200. The lowest BCUT2D eigenvalue weighted by atomic mass is 10.2. The van der Waals surface area contributed by atoms with E-state index in [9.17, 15) is 4.79 Å². The molecular weight excluding hydrogens is 276 g/mol. The number of ether oxygens (including phenoxy) is 1. The highest BCUT2D eigenvalue weighted by Crippen LogP contribution is 2.27. The molecule has 1 aliphatic carbocycles. The van der Waals surface area contributed by atoms with Gasteiger partial charge in [-0.25, -0.2) is 0 Å². The number of hydrogen-bond donors (Lipinski definition) is 2. The predicted molar refractivity (Wildman–Crippen MR) is 82.5 cm³/mol. The number of carbonyl (C=O) groups is 1. The van der Waals surface area contributed by atoms with Gasteiger partial charge in [-0.15, -0.1) is 12.4 Å². The minimum atomic E-state index is 0. The summed E-state index contributed by atoms with van der Waals surface area (Å²) in [6, 6.07) is 7.90. The SMILES string of the molecule is Cc1cccc(OCCNC(=O)CNCC2CC2)c1.Cl. The number of aryl methyl sites for hydroxylation is 1. The van der Waals surface area contributed by atoms with E-state index in [1.807, 2.05) is 31.2 Å². The molecule has 1 aliphatic rings. The van der Waals surface area contributed by atoms with E-state index in [-0.39, 0.29) is 18.3 Å². The van der Waals surface area contributed by atoms with Crippen LogP contribution in [0.2, 0.25) is 0 Å². The van der Waals surface area contributed by atoms with Crippen LogP contribution < -0.4 is 15.4 Å². The molecule has 4 nitrogen and oxygen atoms in total. The largest absolute Gasteiger partial charge is 0.492 e. The third-order valence-corrected chi connectivity index (χ3v) is 3.10. The summed E-state index contributed by atoms with van der Waals surface area (Å²) in [5, 5.41) is 6.00. The average Bonchev–Trinajstić information content (AvgIpc) is 3.19. The fraction of sp³-hybridized carbons (Fsp3) is 0.533. The smallest absolute Gasteiger partial charge is 0.234 e. The normalized spacial score (nSPS) is 13.4. The minimum absolute atomic E-state index is 0. The zero-order valence-electron chi connectivity index (χ0n) is 11.9. The monoisotopic (exact) mass is 298 g/mol. The van der Waals surface area contributed by atoms with Gasteiger partial charge in [-0.1, -0.05) is 12.1 Å². The van der Waals surface area contributed by atoms with Crippen molar-refractivity contribution in [2.75, 3.05) is 26.2 Å². The first kappa shape index (κ1) is 16.8. The fourth-order valence-corrected chi connectivity index (χ4v) is 1.84. The number of hydrogen-bond acceptors (Lipinski definition) is 3. The molecule has 0 spiro atoms. The van der Waals surface area contributed by atoms with Crippen LogP contribution in [0, 0.1) is 12.8 Å². The standard InChI is InChI=1S/C15H22N2O2.ClH/c1-12-3-2-4-14(9-12)19-8-7-17-15(18)11-16-10-13-5-6-13;/h2-4,9,13,16H,5-8,10-11H2,1H3,(H,17,18);1H. The Morgan fingerprint density at radius 1 is 1.40 bits per heavy atom. The molecule has 1 aromatic carbocycles. The molecular formula is C15H23ClN2O2. The minimum Gasteiger partial charge on any atom is -0.492 e. The quantitative estimate of drug-likeness (QED) is 0.721. The van der Waals surface area contributed by atoms with E-state index in [0.29, 0.717) is 19.7 Å². The van der Waals surface area contributed by atoms with Gasteiger partial charge in [0, 0.05) is 0 Å². The van der Waals surface area contributed by atoms with Gasteiger partial charge in [0.25, 0.3) is 0 Å². The van der Waals surface area contributed by atoms with Crippen molar-refractivity contribution in [1.29, 1.82) is 0 Å². The molecule has 112 valence electrons. The van der Waals surface area contributed by atoms with Crippen molar-refractivity contribution in [1.82, 2.24) is 10.6 Å². The molecule has 0 bridgehead atoms. The maximum absolute atomic E-state index is 11.5. The van der Waals surface area contributed by atoms with Crippen molar-refractivity contribution in [2.24, 2.45) is 5.92 Å². The maximum atomic E-state index is 11.5. The number of amides is 1.